The second-order valence-corrected chi connectivity index (χ2v) is 6.29. The number of carbonyl (C=O) groups is 2. The van der Waals surface area contributed by atoms with Gasteiger partial charge in [0, 0.05) is 18.0 Å². The third kappa shape index (κ3) is 4.12. The molecule has 10 nitrogen and oxygen atoms in total. The van der Waals surface area contributed by atoms with E-state index in [0.717, 1.165) is 0 Å². The van der Waals surface area contributed by atoms with Gasteiger partial charge in [-0.1, -0.05) is 0 Å². The molecule has 2 N–H and O–H groups in total. The number of H-pyrrole nitrogens is 1. The van der Waals surface area contributed by atoms with Gasteiger partial charge in [-0.3, -0.25) is 9.59 Å². The first-order valence-corrected chi connectivity index (χ1v) is 9.30. The highest BCUT2D eigenvalue weighted by molar-refractivity contribution is 6.05. The van der Waals surface area contributed by atoms with Crippen molar-refractivity contribution < 1.29 is 23.8 Å². The molecule has 30 heavy (non-hydrogen) atoms. The fraction of sp³-hybridized carbons (Fsp3) is 0.300. The Morgan fingerprint density at radius 1 is 1.17 bits per heavy atom. The average molecular weight is 414 g/mol. The van der Waals surface area contributed by atoms with Crippen LogP contribution in [0.5, 0.6) is 11.5 Å². The highest BCUT2D eigenvalue weighted by Crippen LogP contribution is 2.37. The number of amides is 1. The molecule has 0 saturated carbocycles. The number of fused-ring (bicyclic) bond motifs is 1. The van der Waals surface area contributed by atoms with Crippen molar-refractivity contribution in [1.82, 2.24) is 14.6 Å². The molecule has 3 aromatic rings. The van der Waals surface area contributed by atoms with E-state index in [4.69, 9.17) is 14.2 Å². The van der Waals surface area contributed by atoms with E-state index in [-0.39, 0.29) is 33.8 Å². The second kappa shape index (κ2) is 8.68. The minimum Gasteiger partial charge on any atom is -0.490 e. The number of ether oxygens (including phenoxy) is 3. The SMILES string of the molecule is CCOc1cc(C(=O)OC)cc(NC(=O)c2cc3c(=O)[nH]c(C)cn3n2)c1OCC. The number of aryl methyl sites for hydroxylation is 1. The van der Waals surface area contributed by atoms with Crippen LogP contribution in [0.25, 0.3) is 5.52 Å². The van der Waals surface area contributed by atoms with Crippen LogP contribution < -0.4 is 20.3 Å². The lowest BCUT2D eigenvalue weighted by Crippen LogP contribution is -2.15. The zero-order valence-electron chi connectivity index (χ0n) is 17.1. The Morgan fingerprint density at radius 3 is 2.57 bits per heavy atom. The summed E-state index contributed by atoms with van der Waals surface area (Å²) in [4.78, 5) is 39.6. The van der Waals surface area contributed by atoms with Gasteiger partial charge >= 0.3 is 5.97 Å². The van der Waals surface area contributed by atoms with E-state index in [1.54, 1.807) is 27.0 Å². The van der Waals surface area contributed by atoms with Gasteiger partial charge in [0.25, 0.3) is 11.5 Å². The van der Waals surface area contributed by atoms with Crippen molar-refractivity contribution in [2.75, 3.05) is 25.6 Å². The van der Waals surface area contributed by atoms with Crippen LogP contribution in [0, 0.1) is 6.92 Å². The molecule has 0 radical (unpaired) electrons. The number of anilines is 1. The first-order valence-electron chi connectivity index (χ1n) is 9.30. The molecule has 0 fully saturated rings. The van der Waals surface area contributed by atoms with Gasteiger partial charge in [-0.25, -0.2) is 9.31 Å². The number of carbonyl (C=O) groups excluding carboxylic acids is 2. The van der Waals surface area contributed by atoms with Gasteiger partial charge in [-0.05, 0) is 32.9 Å². The van der Waals surface area contributed by atoms with Crippen molar-refractivity contribution in [1.29, 1.82) is 0 Å². The summed E-state index contributed by atoms with van der Waals surface area (Å²) in [6.45, 7) is 5.92. The number of esters is 1. The molecule has 0 aliphatic rings. The van der Waals surface area contributed by atoms with Crippen molar-refractivity contribution >= 4 is 23.1 Å². The van der Waals surface area contributed by atoms with E-state index in [1.165, 1.54) is 29.8 Å². The Kier molecular flexibility index (Phi) is 6.05. The predicted octanol–water partition coefficient (Wildman–Crippen LogP) is 2.17. The molecule has 3 rings (SSSR count). The minimum atomic E-state index is -0.593. The topological polar surface area (TPSA) is 124 Å². The summed E-state index contributed by atoms with van der Waals surface area (Å²) in [5, 5.41) is 6.84. The number of aromatic nitrogens is 3. The molecule has 10 heteroatoms. The van der Waals surface area contributed by atoms with Crippen LogP contribution >= 0.6 is 0 Å². The molecular weight excluding hydrogens is 392 g/mol. The maximum Gasteiger partial charge on any atom is 0.338 e. The summed E-state index contributed by atoms with van der Waals surface area (Å²) >= 11 is 0. The molecule has 2 aromatic heterocycles. The first kappa shape index (κ1) is 20.9. The van der Waals surface area contributed by atoms with Gasteiger partial charge < -0.3 is 24.5 Å². The minimum absolute atomic E-state index is 0.0231. The molecule has 0 spiro atoms. The summed E-state index contributed by atoms with van der Waals surface area (Å²) < 4.78 is 17.3. The summed E-state index contributed by atoms with van der Waals surface area (Å²) in [6.07, 6.45) is 1.60. The van der Waals surface area contributed by atoms with E-state index in [0.29, 0.717) is 24.7 Å². The van der Waals surface area contributed by atoms with E-state index in [9.17, 15) is 14.4 Å². The van der Waals surface area contributed by atoms with Gasteiger partial charge in [-0.15, -0.1) is 0 Å². The number of benzene rings is 1. The van der Waals surface area contributed by atoms with E-state index < -0.39 is 11.9 Å². The van der Waals surface area contributed by atoms with E-state index in [2.05, 4.69) is 15.4 Å². The Hall–Kier alpha value is -3.82. The van der Waals surface area contributed by atoms with Crippen molar-refractivity contribution in [2.24, 2.45) is 0 Å². The number of hydrogen-bond donors (Lipinski definition) is 2. The number of hydrogen-bond acceptors (Lipinski definition) is 7. The number of methoxy groups -OCH3 is 1. The zero-order chi connectivity index (χ0) is 21.8. The van der Waals surface area contributed by atoms with Crippen LogP contribution in [-0.2, 0) is 4.74 Å². The van der Waals surface area contributed by atoms with Crippen LogP contribution in [0.3, 0.4) is 0 Å². The number of aromatic amines is 1. The highest BCUT2D eigenvalue weighted by atomic mass is 16.5. The summed E-state index contributed by atoms with van der Waals surface area (Å²) in [5.41, 5.74) is 0.900. The van der Waals surface area contributed by atoms with Gasteiger partial charge in [-0.2, -0.15) is 5.10 Å². The largest absolute Gasteiger partial charge is 0.490 e. The quantitative estimate of drug-likeness (QED) is 0.568. The molecule has 0 bridgehead atoms. The smallest absolute Gasteiger partial charge is 0.338 e. The van der Waals surface area contributed by atoms with Crippen LogP contribution in [0.1, 0.15) is 40.4 Å². The first-order chi connectivity index (χ1) is 14.4. The van der Waals surface area contributed by atoms with Gasteiger partial charge in [0.1, 0.15) is 5.52 Å². The molecule has 158 valence electrons. The van der Waals surface area contributed by atoms with Gasteiger partial charge in [0.15, 0.2) is 17.2 Å². The fourth-order valence-corrected chi connectivity index (χ4v) is 2.91. The molecule has 1 aromatic carbocycles. The van der Waals surface area contributed by atoms with Crippen LogP contribution in [0.2, 0.25) is 0 Å². The summed E-state index contributed by atoms with van der Waals surface area (Å²) in [6, 6.07) is 4.30. The summed E-state index contributed by atoms with van der Waals surface area (Å²) in [5.74, 6) is -0.608. The molecule has 1 amide bonds. The van der Waals surface area contributed by atoms with Crippen molar-refractivity contribution in [3.63, 3.8) is 0 Å². The summed E-state index contributed by atoms with van der Waals surface area (Å²) in [7, 11) is 1.26. The lowest BCUT2D eigenvalue weighted by molar-refractivity contribution is 0.0600. The van der Waals surface area contributed by atoms with Crippen LogP contribution in [0.15, 0.2) is 29.2 Å². The molecule has 0 aliphatic heterocycles. The fourth-order valence-electron chi connectivity index (χ4n) is 2.91. The number of nitrogens with one attached hydrogen (secondary N) is 2. The monoisotopic (exact) mass is 414 g/mol. The molecule has 2 heterocycles. The third-order valence-corrected chi connectivity index (χ3v) is 4.14. The number of rotatable bonds is 7. The van der Waals surface area contributed by atoms with Crippen molar-refractivity contribution in [3.8, 4) is 11.5 Å². The van der Waals surface area contributed by atoms with Crippen LogP contribution in [0.4, 0.5) is 5.69 Å². The molecular formula is C20H22N4O6. The van der Waals surface area contributed by atoms with Crippen LogP contribution in [-0.4, -0.2) is 46.8 Å². The highest BCUT2D eigenvalue weighted by Gasteiger charge is 2.21. The Labute approximate surface area is 171 Å². The van der Waals surface area contributed by atoms with Crippen molar-refractivity contribution in [3.05, 3.63) is 51.7 Å². The number of nitrogens with zero attached hydrogens (tertiary/aromatic N) is 2. The Balaban J connectivity index is 2.04. The third-order valence-electron chi connectivity index (χ3n) is 4.14. The molecule has 0 saturated heterocycles. The molecule has 0 atom stereocenters. The zero-order valence-corrected chi connectivity index (χ0v) is 17.1. The Bertz CT molecular complexity index is 1160. The van der Waals surface area contributed by atoms with Gasteiger partial charge in [0.05, 0.1) is 31.6 Å². The maximum absolute atomic E-state index is 12.8. The van der Waals surface area contributed by atoms with Gasteiger partial charge in [0.2, 0.25) is 0 Å². The maximum atomic E-state index is 12.8. The average Bonchev–Trinajstić information content (AvgIpc) is 3.14. The Morgan fingerprint density at radius 2 is 1.90 bits per heavy atom. The van der Waals surface area contributed by atoms with E-state index >= 15 is 0 Å². The molecule has 0 aliphatic carbocycles. The normalized spacial score (nSPS) is 10.7. The second-order valence-electron chi connectivity index (χ2n) is 6.29. The standard InChI is InChI=1S/C20H22N4O6/c1-5-29-16-8-12(20(27)28-4)7-13(17(16)30-6-2)22-18(25)14-9-15-19(26)21-11(3)10-24(15)23-14/h7-10H,5-6H2,1-4H3,(H,21,26)(H,22,25). The lowest BCUT2D eigenvalue weighted by Gasteiger charge is -2.17. The predicted molar refractivity (Wildman–Crippen MR) is 109 cm³/mol. The van der Waals surface area contributed by atoms with E-state index in [1.807, 2.05) is 0 Å². The van der Waals surface area contributed by atoms with Crippen molar-refractivity contribution in [2.45, 2.75) is 20.8 Å². The lowest BCUT2D eigenvalue weighted by atomic mass is 10.1. The molecule has 0 unspecified atom stereocenters.